The maximum absolute atomic E-state index is 5.41. The van der Waals surface area contributed by atoms with Gasteiger partial charge in [0.25, 0.3) is 0 Å². The smallest absolute Gasteiger partial charge is 0.184 e. The van der Waals surface area contributed by atoms with E-state index >= 15 is 0 Å². The van der Waals surface area contributed by atoms with Crippen LogP contribution in [0.2, 0.25) is 0 Å². The number of rotatable bonds is 4. The molecule has 2 aromatic rings. The summed E-state index contributed by atoms with van der Waals surface area (Å²) in [6.07, 6.45) is 4.16. The number of pyridine rings is 1. The highest BCUT2D eigenvalue weighted by molar-refractivity contribution is 7.80. The molecule has 0 fully saturated rings. The van der Waals surface area contributed by atoms with E-state index in [0.717, 1.165) is 11.3 Å². The van der Waals surface area contributed by atoms with Crippen molar-refractivity contribution < 1.29 is 0 Å². The highest BCUT2D eigenvalue weighted by atomic mass is 32.1. The summed E-state index contributed by atoms with van der Waals surface area (Å²) in [6.45, 7) is 0. The molecule has 0 amide bonds. The number of hydrogen-bond acceptors (Lipinski definition) is 3. The van der Waals surface area contributed by atoms with Gasteiger partial charge in [0.05, 0.1) is 5.71 Å². The molecule has 1 aromatic carbocycles. The monoisotopic (exact) mass is 270 g/mol. The van der Waals surface area contributed by atoms with Crippen LogP contribution in [-0.2, 0) is 6.42 Å². The Hall–Kier alpha value is -2.27. The molecular formula is C14H14N4S. The Morgan fingerprint density at radius 1 is 1.16 bits per heavy atom. The first kappa shape index (κ1) is 13.2. The number of aromatic nitrogens is 1. The van der Waals surface area contributed by atoms with Crippen molar-refractivity contribution in [2.75, 3.05) is 0 Å². The number of nitrogens with one attached hydrogen (secondary N) is 1. The molecule has 5 heteroatoms. The lowest BCUT2D eigenvalue weighted by atomic mass is 10.0. The lowest BCUT2D eigenvalue weighted by molar-refractivity contribution is 1.02. The van der Waals surface area contributed by atoms with Gasteiger partial charge in [-0.3, -0.25) is 10.4 Å². The second-order valence-corrected chi connectivity index (χ2v) is 4.37. The minimum absolute atomic E-state index is 0.152. The Kier molecular flexibility index (Phi) is 4.58. The molecule has 3 N–H and O–H groups in total. The first-order valence-corrected chi connectivity index (χ1v) is 6.23. The highest BCUT2D eigenvalue weighted by Crippen LogP contribution is 2.07. The zero-order valence-corrected chi connectivity index (χ0v) is 11.1. The van der Waals surface area contributed by atoms with Crippen LogP contribution in [0.25, 0.3) is 0 Å². The van der Waals surface area contributed by atoms with Crippen molar-refractivity contribution in [3.05, 3.63) is 66.0 Å². The van der Waals surface area contributed by atoms with Crippen molar-refractivity contribution in [2.45, 2.75) is 6.42 Å². The third-order valence-electron chi connectivity index (χ3n) is 2.53. The van der Waals surface area contributed by atoms with Crippen LogP contribution in [0, 0.1) is 0 Å². The van der Waals surface area contributed by atoms with Crippen molar-refractivity contribution >= 4 is 23.0 Å². The van der Waals surface area contributed by atoms with Gasteiger partial charge in [-0.15, -0.1) is 0 Å². The van der Waals surface area contributed by atoms with Gasteiger partial charge in [0.15, 0.2) is 5.11 Å². The Balaban J connectivity index is 2.25. The maximum Gasteiger partial charge on any atom is 0.184 e. The summed E-state index contributed by atoms with van der Waals surface area (Å²) in [5.41, 5.74) is 11.1. The van der Waals surface area contributed by atoms with Gasteiger partial charge in [-0.25, -0.2) is 0 Å². The van der Waals surface area contributed by atoms with Gasteiger partial charge in [0.1, 0.15) is 0 Å². The normalized spacial score (nSPS) is 11.1. The third kappa shape index (κ3) is 4.15. The van der Waals surface area contributed by atoms with E-state index in [0.29, 0.717) is 6.42 Å². The van der Waals surface area contributed by atoms with Crippen molar-refractivity contribution in [3.8, 4) is 0 Å². The summed E-state index contributed by atoms with van der Waals surface area (Å²) < 4.78 is 0. The van der Waals surface area contributed by atoms with Crippen LogP contribution >= 0.6 is 12.2 Å². The van der Waals surface area contributed by atoms with Gasteiger partial charge in [-0.1, -0.05) is 30.3 Å². The molecule has 0 unspecified atom stereocenters. The van der Waals surface area contributed by atoms with Gasteiger partial charge < -0.3 is 5.73 Å². The topological polar surface area (TPSA) is 63.3 Å². The third-order valence-corrected chi connectivity index (χ3v) is 2.62. The number of nitrogens with zero attached hydrogens (tertiary/aromatic N) is 2. The minimum Gasteiger partial charge on any atom is -0.375 e. The number of hydrazone groups is 1. The number of benzene rings is 1. The van der Waals surface area contributed by atoms with Gasteiger partial charge in [-0.2, -0.15) is 5.10 Å². The summed E-state index contributed by atoms with van der Waals surface area (Å²) in [7, 11) is 0. The van der Waals surface area contributed by atoms with Crippen LogP contribution in [0.5, 0.6) is 0 Å². The van der Waals surface area contributed by atoms with E-state index in [4.69, 9.17) is 18.0 Å². The van der Waals surface area contributed by atoms with Crippen molar-refractivity contribution in [1.29, 1.82) is 0 Å². The first-order valence-electron chi connectivity index (χ1n) is 5.82. The summed E-state index contributed by atoms with van der Waals surface area (Å²) >= 11 is 4.78. The molecule has 0 aliphatic heterocycles. The molecule has 1 heterocycles. The fourth-order valence-corrected chi connectivity index (χ4v) is 1.71. The minimum atomic E-state index is 0.152. The van der Waals surface area contributed by atoms with E-state index in [-0.39, 0.29) is 5.11 Å². The Bertz CT molecular complexity index is 567. The molecule has 0 radical (unpaired) electrons. The van der Waals surface area contributed by atoms with Crippen LogP contribution in [0.4, 0.5) is 0 Å². The second-order valence-electron chi connectivity index (χ2n) is 3.93. The van der Waals surface area contributed by atoms with E-state index in [1.54, 1.807) is 12.4 Å². The highest BCUT2D eigenvalue weighted by Gasteiger charge is 2.05. The van der Waals surface area contributed by atoms with Gasteiger partial charge >= 0.3 is 0 Å². The maximum atomic E-state index is 5.41. The van der Waals surface area contributed by atoms with Crippen molar-refractivity contribution in [2.24, 2.45) is 10.8 Å². The number of thiocarbonyl (C=S) groups is 1. The predicted octanol–water partition coefficient (Wildman–Crippen LogP) is 1.86. The van der Waals surface area contributed by atoms with Crippen LogP contribution < -0.4 is 11.2 Å². The lowest BCUT2D eigenvalue weighted by Crippen LogP contribution is -2.26. The average Bonchev–Trinajstić information content (AvgIpc) is 2.45. The standard InChI is InChI=1S/C14H14N4S/c15-14(19)18-17-13(12-6-8-16-9-7-12)10-11-4-2-1-3-5-11/h1-9H,10H2,(H3,15,18,19)/b17-13-. The summed E-state index contributed by atoms with van der Waals surface area (Å²) in [4.78, 5) is 4.00. The van der Waals surface area contributed by atoms with E-state index < -0.39 is 0 Å². The van der Waals surface area contributed by atoms with Crippen molar-refractivity contribution in [1.82, 2.24) is 10.4 Å². The quantitative estimate of drug-likeness (QED) is 0.506. The molecule has 0 bridgehead atoms. The second kappa shape index (κ2) is 6.61. The molecule has 2 rings (SSSR count). The van der Waals surface area contributed by atoms with E-state index in [2.05, 4.69) is 27.6 Å². The summed E-state index contributed by atoms with van der Waals surface area (Å²) in [6, 6.07) is 13.9. The molecule has 96 valence electrons. The van der Waals surface area contributed by atoms with Crippen molar-refractivity contribution in [3.63, 3.8) is 0 Å². The van der Waals surface area contributed by atoms with Gasteiger partial charge in [-0.05, 0) is 29.9 Å². The summed E-state index contributed by atoms with van der Waals surface area (Å²) in [5.74, 6) is 0. The fraction of sp³-hybridized carbons (Fsp3) is 0.0714. The Morgan fingerprint density at radius 3 is 2.47 bits per heavy atom. The summed E-state index contributed by atoms with van der Waals surface area (Å²) in [5, 5.41) is 4.41. The first-order chi connectivity index (χ1) is 9.25. The van der Waals surface area contributed by atoms with Crippen LogP contribution in [-0.4, -0.2) is 15.8 Å². The lowest BCUT2D eigenvalue weighted by Gasteiger charge is -2.07. The zero-order valence-electron chi connectivity index (χ0n) is 10.3. The zero-order chi connectivity index (χ0) is 13.5. The molecule has 0 aliphatic carbocycles. The van der Waals surface area contributed by atoms with E-state index in [1.807, 2.05) is 30.3 Å². The Morgan fingerprint density at radius 2 is 1.84 bits per heavy atom. The van der Waals surface area contributed by atoms with Gasteiger partial charge in [0.2, 0.25) is 0 Å². The number of nitrogens with two attached hydrogens (primary N) is 1. The molecule has 19 heavy (non-hydrogen) atoms. The van der Waals surface area contributed by atoms with E-state index in [9.17, 15) is 0 Å². The van der Waals surface area contributed by atoms with Gasteiger partial charge in [0, 0.05) is 24.4 Å². The predicted molar refractivity (Wildman–Crippen MR) is 80.8 cm³/mol. The Labute approximate surface area is 117 Å². The molecule has 0 spiro atoms. The SMILES string of the molecule is NC(=S)N/N=C(/Cc1ccccc1)c1ccncc1. The molecule has 0 saturated heterocycles. The number of hydrogen-bond donors (Lipinski definition) is 2. The molecule has 0 aliphatic rings. The average molecular weight is 270 g/mol. The molecule has 0 saturated carbocycles. The molecular weight excluding hydrogens is 256 g/mol. The molecule has 4 nitrogen and oxygen atoms in total. The van der Waals surface area contributed by atoms with Crippen LogP contribution in [0.3, 0.4) is 0 Å². The van der Waals surface area contributed by atoms with Crippen LogP contribution in [0.1, 0.15) is 11.1 Å². The molecule has 0 atom stereocenters. The largest absolute Gasteiger partial charge is 0.375 e. The van der Waals surface area contributed by atoms with E-state index in [1.165, 1.54) is 5.56 Å². The fourth-order valence-electron chi connectivity index (χ4n) is 1.66. The van der Waals surface area contributed by atoms with Crippen LogP contribution in [0.15, 0.2) is 60.0 Å². The molecule has 1 aromatic heterocycles.